The SMILES string of the molecule is N=C(N)c1ccc(C(=O)Nc2cccc(CSCCC(=O)O)c2)cc1. The highest BCUT2D eigenvalue weighted by Crippen LogP contribution is 2.18. The normalized spacial score (nSPS) is 10.2. The molecule has 130 valence electrons. The molecule has 25 heavy (non-hydrogen) atoms. The van der Waals surface area contributed by atoms with Crippen LogP contribution < -0.4 is 11.1 Å². The Balaban J connectivity index is 1.95. The number of carbonyl (C=O) groups excluding carboxylic acids is 1. The Morgan fingerprint density at radius 2 is 1.80 bits per heavy atom. The van der Waals surface area contributed by atoms with E-state index in [-0.39, 0.29) is 18.2 Å². The summed E-state index contributed by atoms with van der Waals surface area (Å²) in [6, 6.07) is 14.0. The van der Waals surface area contributed by atoms with Crippen molar-refractivity contribution in [3.63, 3.8) is 0 Å². The van der Waals surface area contributed by atoms with E-state index in [0.29, 0.717) is 28.3 Å². The molecule has 2 aromatic carbocycles. The Morgan fingerprint density at radius 1 is 1.12 bits per heavy atom. The smallest absolute Gasteiger partial charge is 0.304 e. The molecule has 0 fully saturated rings. The maximum Gasteiger partial charge on any atom is 0.304 e. The van der Waals surface area contributed by atoms with E-state index in [0.717, 1.165) is 5.56 Å². The van der Waals surface area contributed by atoms with Gasteiger partial charge in [-0.25, -0.2) is 0 Å². The highest BCUT2D eigenvalue weighted by Gasteiger charge is 2.07. The molecule has 0 unspecified atom stereocenters. The first-order chi connectivity index (χ1) is 12.0. The number of thioether (sulfide) groups is 1. The summed E-state index contributed by atoms with van der Waals surface area (Å²) in [7, 11) is 0. The zero-order valence-corrected chi connectivity index (χ0v) is 14.3. The summed E-state index contributed by atoms with van der Waals surface area (Å²) in [6.07, 6.45) is 0.136. The molecule has 0 aliphatic heterocycles. The van der Waals surface area contributed by atoms with E-state index in [1.54, 1.807) is 30.3 Å². The van der Waals surface area contributed by atoms with Crippen molar-refractivity contribution in [3.05, 3.63) is 65.2 Å². The molecule has 2 aromatic rings. The Morgan fingerprint density at radius 3 is 2.44 bits per heavy atom. The fourth-order valence-corrected chi connectivity index (χ4v) is 2.97. The van der Waals surface area contributed by atoms with Crippen LogP contribution in [0.3, 0.4) is 0 Å². The van der Waals surface area contributed by atoms with Crippen LogP contribution in [0.2, 0.25) is 0 Å². The van der Waals surface area contributed by atoms with Gasteiger partial charge in [0.25, 0.3) is 5.91 Å². The topological polar surface area (TPSA) is 116 Å². The molecular formula is C18H19N3O3S. The number of nitrogen functional groups attached to an aromatic ring is 1. The number of nitrogens with two attached hydrogens (primary N) is 1. The van der Waals surface area contributed by atoms with Gasteiger partial charge in [-0.05, 0) is 29.8 Å². The molecule has 0 bridgehead atoms. The predicted octanol–water partition coefficient (Wildman–Crippen LogP) is 2.93. The summed E-state index contributed by atoms with van der Waals surface area (Å²) in [5.74, 6) is 0.147. The molecule has 0 heterocycles. The number of benzene rings is 2. The Bertz CT molecular complexity index is 775. The molecule has 2 rings (SSSR count). The number of amidine groups is 1. The third-order valence-corrected chi connectivity index (χ3v) is 4.40. The molecule has 0 aliphatic carbocycles. The van der Waals surface area contributed by atoms with E-state index in [1.807, 2.05) is 18.2 Å². The molecule has 0 atom stereocenters. The number of hydrogen-bond donors (Lipinski definition) is 4. The summed E-state index contributed by atoms with van der Waals surface area (Å²) in [6.45, 7) is 0. The van der Waals surface area contributed by atoms with Gasteiger partial charge in [0.1, 0.15) is 5.84 Å². The van der Waals surface area contributed by atoms with E-state index >= 15 is 0 Å². The van der Waals surface area contributed by atoms with E-state index in [1.165, 1.54) is 11.8 Å². The molecule has 7 heteroatoms. The Kier molecular flexibility index (Phi) is 6.59. The van der Waals surface area contributed by atoms with Gasteiger partial charge in [0.15, 0.2) is 0 Å². The van der Waals surface area contributed by atoms with Gasteiger partial charge >= 0.3 is 5.97 Å². The minimum Gasteiger partial charge on any atom is -0.481 e. The van der Waals surface area contributed by atoms with Crippen molar-refractivity contribution >= 4 is 35.2 Å². The van der Waals surface area contributed by atoms with Gasteiger partial charge in [-0.1, -0.05) is 24.3 Å². The lowest BCUT2D eigenvalue weighted by Crippen LogP contribution is -2.14. The fourth-order valence-electron chi connectivity index (χ4n) is 2.09. The van der Waals surface area contributed by atoms with Crippen molar-refractivity contribution in [2.45, 2.75) is 12.2 Å². The van der Waals surface area contributed by atoms with Crippen LogP contribution >= 0.6 is 11.8 Å². The van der Waals surface area contributed by atoms with Gasteiger partial charge in [0, 0.05) is 28.3 Å². The number of carbonyl (C=O) groups is 2. The largest absolute Gasteiger partial charge is 0.481 e. The van der Waals surface area contributed by atoms with E-state index in [4.69, 9.17) is 16.2 Å². The van der Waals surface area contributed by atoms with Crippen molar-refractivity contribution in [2.24, 2.45) is 5.73 Å². The van der Waals surface area contributed by atoms with Crippen molar-refractivity contribution < 1.29 is 14.7 Å². The van der Waals surface area contributed by atoms with Crippen LogP contribution in [0.1, 0.15) is 27.9 Å². The first kappa shape index (κ1) is 18.5. The van der Waals surface area contributed by atoms with Crippen LogP contribution in [0.4, 0.5) is 5.69 Å². The number of rotatable bonds is 8. The Labute approximate surface area is 149 Å². The van der Waals surface area contributed by atoms with Gasteiger partial charge < -0.3 is 16.2 Å². The third kappa shape index (κ3) is 5.96. The lowest BCUT2D eigenvalue weighted by Gasteiger charge is -2.08. The summed E-state index contributed by atoms with van der Waals surface area (Å²) in [5.41, 5.74) is 8.13. The number of aliphatic carboxylic acids is 1. The van der Waals surface area contributed by atoms with E-state index in [9.17, 15) is 9.59 Å². The minimum atomic E-state index is -0.802. The second kappa shape index (κ2) is 8.89. The van der Waals surface area contributed by atoms with Crippen molar-refractivity contribution in [2.75, 3.05) is 11.1 Å². The third-order valence-electron chi connectivity index (χ3n) is 3.37. The molecular weight excluding hydrogens is 338 g/mol. The molecule has 1 amide bonds. The molecule has 0 saturated carbocycles. The number of hydrogen-bond acceptors (Lipinski definition) is 4. The second-order valence-corrected chi connectivity index (χ2v) is 6.45. The van der Waals surface area contributed by atoms with Crippen LogP contribution in [0, 0.1) is 5.41 Å². The van der Waals surface area contributed by atoms with Crippen LogP contribution in [-0.2, 0) is 10.5 Å². The quantitative estimate of drug-likeness (QED) is 0.329. The number of carboxylic acids is 1. The average molecular weight is 357 g/mol. The van der Waals surface area contributed by atoms with E-state index in [2.05, 4.69) is 5.32 Å². The molecule has 0 aromatic heterocycles. The number of carboxylic acid groups (broad SMARTS) is 1. The fraction of sp³-hybridized carbons (Fsp3) is 0.167. The summed E-state index contributed by atoms with van der Waals surface area (Å²) >= 11 is 1.54. The highest BCUT2D eigenvalue weighted by molar-refractivity contribution is 7.98. The Hall–Kier alpha value is -2.80. The maximum atomic E-state index is 12.3. The molecule has 0 spiro atoms. The van der Waals surface area contributed by atoms with Crippen molar-refractivity contribution in [1.29, 1.82) is 5.41 Å². The summed E-state index contributed by atoms with van der Waals surface area (Å²) < 4.78 is 0. The van der Waals surface area contributed by atoms with E-state index < -0.39 is 5.97 Å². The monoisotopic (exact) mass is 357 g/mol. The van der Waals surface area contributed by atoms with Gasteiger partial charge in [0.05, 0.1) is 6.42 Å². The van der Waals surface area contributed by atoms with Crippen LogP contribution in [-0.4, -0.2) is 28.6 Å². The number of amides is 1. The molecule has 5 N–H and O–H groups in total. The zero-order valence-electron chi connectivity index (χ0n) is 13.5. The zero-order chi connectivity index (χ0) is 18.2. The average Bonchev–Trinajstić information content (AvgIpc) is 2.59. The van der Waals surface area contributed by atoms with Crippen molar-refractivity contribution in [3.8, 4) is 0 Å². The molecule has 0 saturated heterocycles. The maximum absolute atomic E-state index is 12.3. The first-order valence-corrected chi connectivity index (χ1v) is 8.75. The highest BCUT2D eigenvalue weighted by atomic mass is 32.2. The second-order valence-electron chi connectivity index (χ2n) is 5.34. The van der Waals surface area contributed by atoms with Gasteiger partial charge in [-0.15, -0.1) is 0 Å². The molecule has 6 nitrogen and oxygen atoms in total. The van der Waals surface area contributed by atoms with Gasteiger partial charge in [0.2, 0.25) is 0 Å². The number of anilines is 1. The van der Waals surface area contributed by atoms with Crippen LogP contribution in [0.25, 0.3) is 0 Å². The predicted molar refractivity (Wildman–Crippen MR) is 100 cm³/mol. The summed E-state index contributed by atoms with van der Waals surface area (Å²) in [4.78, 5) is 22.8. The van der Waals surface area contributed by atoms with Gasteiger partial charge in [-0.3, -0.25) is 15.0 Å². The molecule has 0 aliphatic rings. The van der Waals surface area contributed by atoms with Crippen molar-refractivity contribution in [1.82, 2.24) is 0 Å². The standard InChI is InChI=1S/C18H19N3O3S/c19-17(20)13-4-6-14(7-5-13)18(24)21-15-3-1-2-12(10-15)11-25-9-8-16(22)23/h1-7,10H,8-9,11H2,(H3,19,20)(H,21,24)(H,22,23). The minimum absolute atomic E-state index is 0.0416. The lowest BCUT2D eigenvalue weighted by atomic mass is 10.1. The summed E-state index contributed by atoms with van der Waals surface area (Å²) in [5, 5.41) is 18.8. The van der Waals surface area contributed by atoms with Crippen LogP contribution in [0.5, 0.6) is 0 Å². The first-order valence-electron chi connectivity index (χ1n) is 7.60. The molecule has 0 radical (unpaired) electrons. The number of nitrogens with one attached hydrogen (secondary N) is 2. The lowest BCUT2D eigenvalue weighted by molar-refractivity contribution is -0.136. The van der Waals surface area contributed by atoms with Crippen LogP contribution in [0.15, 0.2) is 48.5 Å². The van der Waals surface area contributed by atoms with Gasteiger partial charge in [-0.2, -0.15) is 11.8 Å².